The molecule has 1 spiro atoms. The van der Waals surface area contributed by atoms with Gasteiger partial charge in [0.1, 0.15) is 12.1 Å². The standard InChI is InChI=1S/C21H29N3O3/c1-20(2,3)24(14-16-10-6-4-7-11-16)17(25)15-23-18(26)21(22-19(23)27)12-8-5-9-13-21/h4,6-7,10-11H,5,8-9,12-15H2,1-3H3,(H,22,27). The van der Waals surface area contributed by atoms with Gasteiger partial charge in [-0.05, 0) is 39.2 Å². The lowest BCUT2D eigenvalue weighted by atomic mass is 9.82. The van der Waals surface area contributed by atoms with Crippen LogP contribution in [-0.2, 0) is 16.1 Å². The second-order valence-electron chi connectivity index (χ2n) is 8.60. The summed E-state index contributed by atoms with van der Waals surface area (Å²) in [5.41, 5.74) is -0.197. The van der Waals surface area contributed by atoms with Gasteiger partial charge in [-0.2, -0.15) is 0 Å². The van der Waals surface area contributed by atoms with E-state index in [0.29, 0.717) is 19.4 Å². The fraction of sp³-hybridized carbons (Fsp3) is 0.571. The normalized spacial score (nSPS) is 19.3. The number of imide groups is 1. The lowest BCUT2D eigenvalue weighted by Crippen LogP contribution is -2.51. The van der Waals surface area contributed by atoms with Crippen molar-refractivity contribution in [2.75, 3.05) is 6.54 Å². The van der Waals surface area contributed by atoms with Crippen LogP contribution in [0.5, 0.6) is 0 Å². The number of carbonyl (C=O) groups is 3. The number of carbonyl (C=O) groups excluding carboxylic acids is 3. The van der Waals surface area contributed by atoms with E-state index < -0.39 is 17.1 Å². The first-order valence-electron chi connectivity index (χ1n) is 9.71. The zero-order chi connectivity index (χ0) is 19.7. The average Bonchev–Trinajstić information content (AvgIpc) is 2.84. The van der Waals surface area contributed by atoms with Gasteiger partial charge in [0, 0.05) is 12.1 Å². The molecule has 146 valence electrons. The van der Waals surface area contributed by atoms with Crippen LogP contribution >= 0.6 is 0 Å². The lowest BCUT2D eigenvalue weighted by Gasteiger charge is -2.37. The van der Waals surface area contributed by atoms with E-state index >= 15 is 0 Å². The van der Waals surface area contributed by atoms with Crippen molar-refractivity contribution in [1.29, 1.82) is 0 Å². The van der Waals surface area contributed by atoms with Crippen LogP contribution in [0.4, 0.5) is 4.79 Å². The van der Waals surface area contributed by atoms with Crippen LogP contribution in [0.1, 0.15) is 58.4 Å². The molecule has 1 saturated carbocycles. The Labute approximate surface area is 160 Å². The summed E-state index contributed by atoms with van der Waals surface area (Å²) in [6, 6.07) is 9.30. The van der Waals surface area contributed by atoms with E-state index in [1.807, 2.05) is 51.1 Å². The Morgan fingerprint density at radius 3 is 2.33 bits per heavy atom. The maximum absolute atomic E-state index is 13.1. The number of amides is 4. The Balaban J connectivity index is 1.75. The number of rotatable bonds is 4. The Kier molecular flexibility index (Phi) is 5.27. The molecule has 6 heteroatoms. The molecule has 3 rings (SSSR count). The number of nitrogens with one attached hydrogen (secondary N) is 1. The van der Waals surface area contributed by atoms with Crippen LogP contribution in [-0.4, -0.2) is 45.3 Å². The number of hydrogen-bond donors (Lipinski definition) is 1. The summed E-state index contributed by atoms with van der Waals surface area (Å²) in [7, 11) is 0. The maximum atomic E-state index is 13.1. The van der Waals surface area contributed by atoms with E-state index in [-0.39, 0.29) is 18.4 Å². The molecule has 0 aromatic heterocycles. The predicted molar refractivity (Wildman–Crippen MR) is 103 cm³/mol. The first-order chi connectivity index (χ1) is 12.7. The SMILES string of the molecule is CC(C)(C)N(Cc1ccccc1)C(=O)CN1C(=O)NC2(CCCCC2)C1=O. The monoisotopic (exact) mass is 371 g/mol. The van der Waals surface area contributed by atoms with Crippen molar-refractivity contribution in [3.63, 3.8) is 0 Å². The Hall–Kier alpha value is -2.37. The summed E-state index contributed by atoms with van der Waals surface area (Å²) >= 11 is 0. The van der Waals surface area contributed by atoms with Gasteiger partial charge in [0.05, 0.1) is 0 Å². The molecule has 27 heavy (non-hydrogen) atoms. The van der Waals surface area contributed by atoms with Gasteiger partial charge in [0.25, 0.3) is 5.91 Å². The Bertz CT molecular complexity index is 718. The Morgan fingerprint density at radius 2 is 1.74 bits per heavy atom. The molecule has 1 aliphatic carbocycles. The molecule has 4 amide bonds. The molecule has 0 atom stereocenters. The van der Waals surface area contributed by atoms with Crippen molar-refractivity contribution >= 4 is 17.8 Å². The van der Waals surface area contributed by atoms with Crippen LogP contribution < -0.4 is 5.32 Å². The number of benzene rings is 1. The van der Waals surface area contributed by atoms with Crippen molar-refractivity contribution in [2.45, 2.75) is 70.5 Å². The van der Waals surface area contributed by atoms with E-state index in [4.69, 9.17) is 0 Å². The van der Waals surface area contributed by atoms with Crippen LogP contribution in [0.15, 0.2) is 30.3 Å². The first kappa shape index (κ1) is 19.4. The summed E-state index contributed by atoms with van der Waals surface area (Å²) in [4.78, 5) is 41.3. The van der Waals surface area contributed by atoms with Crippen LogP contribution in [0, 0.1) is 0 Å². The van der Waals surface area contributed by atoms with Gasteiger partial charge in [-0.1, -0.05) is 49.6 Å². The zero-order valence-electron chi connectivity index (χ0n) is 16.5. The fourth-order valence-electron chi connectivity index (χ4n) is 4.00. The molecule has 1 aliphatic heterocycles. The highest BCUT2D eigenvalue weighted by molar-refractivity contribution is 6.09. The lowest BCUT2D eigenvalue weighted by molar-refractivity contribution is -0.142. The largest absolute Gasteiger partial charge is 0.332 e. The maximum Gasteiger partial charge on any atom is 0.325 e. The predicted octanol–water partition coefficient (Wildman–Crippen LogP) is 3.07. The minimum Gasteiger partial charge on any atom is -0.332 e. The van der Waals surface area contributed by atoms with Crippen LogP contribution in [0.25, 0.3) is 0 Å². The topological polar surface area (TPSA) is 69.7 Å². The summed E-state index contributed by atoms with van der Waals surface area (Å²) in [5.74, 6) is -0.461. The highest BCUT2D eigenvalue weighted by atomic mass is 16.2. The third-order valence-corrected chi connectivity index (χ3v) is 5.54. The van der Waals surface area contributed by atoms with E-state index in [2.05, 4.69) is 5.32 Å². The molecule has 2 aliphatic rings. The highest BCUT2D eigenvalue weighted by Gasteiger charge is 2.52. The molecule has 0 radical (unpaired) electrons. The number of nitrogens with zero attached hydrogens (tertiary/aromatic N) is 2. The molecule has 1 saturated heterocycles. The first-order valence-corrected chi connectivity index (χ1v) is 9.71. The van der Waals surface area contributed by atoms with Gasteiger partial charge in [-0.25, -0.2) is 4.79 Å². The van der Waals surface area contributed by atoms with Gasteiger partial charge in [0.15, 0.2) is 0 Å². The molecular weight excluding hydrogens is 342 g/mol. The van der Waals surface area contributed by atoms with E-state index in [0.717, 1.165) is 29.7 Å². The van der Waals surface area contributed by atoms with E-state index in [1.165, 1.54) is 0 Å². The van der Waals surface area contributed by atoms with Crippen molar-refractivity contribution < 1.29 is 14.4 Å². The third kappa shape index (κ3) is 3.99. The summed E-state index contributed by atoms with van der Waals surface area (Å²) < 4.78 is 0. The summed E-state index contributed by atoms with van der Waals surface area (Å²) in [6.45, 7) is 6.11. The quantitative estimate of drug-likeness (QED) is 0.827. The molecule has 1 N–H and O–H groups in total. The van der Waals surface area contributed by atoms with Crippen molar-refractivity contribution in [3.05, 3.63) is 35.9 Å². The van der Waals surface area contributed by atoms with Gasteiger partial charge in [-0.15, -0.1) is 0 Å². The van der Waals surface area contributed by atoms with Gasteiger partial charge < -0.3 is 10.2 Å². The van der Waals surface area contributed by atoms with Gasteiger partial charge in [0.2, 0.25) is 5.91 Å². The second kappa shape index (κ2) is 7.33. The fourth-order valence-corrected chi connectivity index (χ4v) is 4.00. The summed E-state index contributed by atoms with van der Waals surface area (Å²) in [5, 5.41) is 2.87. The van der Waals surface area contributed by atoms with Crippen molar-refractivity contribution in [1.82, 2.24) is 15.1 Å². The molecule has 1 heterocycles. The van der Waals surface area contributed by atoms with Crippen LogP contribution in [0.2, 0.25) is 0 Å². The van der Waals surface area contributed by atoms with Crippen LogP contribution in [0.3, 0.4) is 0 Å². The Morgan fingerprint density at radius 1 is 1.11 bits per heavy atom. The molecule has 6 nitrogen and oxygen atoms in total. The zero-order valence-corrected chi connectivity index (χ0v) is 16.5. The highest BCUT2D eigenvalue weighted by Crippen LogP contribution is 2.33. The molecule has 0 unspecified atom stereocenters. The molecule has 0 bridgehead atoms. The molecule has 2 fully saturated rings. The number of hydrogen-bond acceptors (Lipinski definition) is 3. The molecular formula is C21H29N3O3. The van der Waals surface area contributed by atoms with Gasteiger partial charge >= 0.3 is 6.03 Å². The second-order valence-corrected chi connectivity index (χ2v) is 8.60. The van der Waals surface area contributed by atoms with Crippen molar-refractivity contribution in [3.8, 4) is 0 Å². The van der Waals surface area contributed by atoms with Crippen molar-refractivity contribution in [2.24, 2.45) is 0 Å². The third-order valence-electron chi connectivity index (χ3n) is 5.54. The van der Waals surface area contributed by atoms with Gasteiger partial charge in [-0.3, -0.25) is 14.5 Å². The molecule has 1 aromatic rings. The summed E-state index contributed by atoms with van der Waals surface area (Å²) in [6.07, 6.45) is 4.26. The minimum atomic E-state index is -0.790. The van der Waals surface area contributed by atoms with E-state index in [1.54, 1.807) is 4.90 Å². The minimum absolute atomic E-state index is 0.212. The van der Waals surface area contributed by atoms with E-state index in [9.17, 15) is 14.4 Å². The number of urea groups is 1. The smallest absolute Gasteiger partial charge is 0.325 e. The average molecular weight is 371 g/mol. The molecule has 1 aromatic carbocycles.